The van der Waals surface area contributed by atoms with Gasteiger partial charge in [-0.3, -0.25) is 4.79 Å². The molecule has 0 atom stereocenters. The first-order valence-corrected chi connectivity index (χ1v) is 11.3. The number of phenolic OH excluding ortho intramolecular Hbond substituents is 1. The SMILES string of the molecule is O=c1cc(Oc2ccccc2)c2cc(=Nc3ccccc3)c3c(O)cc(Cl)c4cc(Cl)c1c-2c43. The highest BCUT2D eigenvalue weighted by Crippen LogP contribution is 2.47. The monoisotopic (exact) mass is 483 g/mol. The van der Waals surface area contributed by atoms with Crippen LogP contribution in [0, 0.1) is 0 Å². The Morgan fingerprint density at radius 2 is 1.47 bits per heavy atom. The zero-order chi connectivity index (χ0) is 23.4. The van der Waals surface area contributed by atoms with Gasteiger partial charge in [0.15, 0.2) is 5.43 Å². The quantitative estimate of drug-likeness (QED) is 0.267. The Bertz CT molecular complexity index is 1770. The molecule has 0 radical (unpaired) electrons. The van der Waals surface area contributed by atoms with Crippen LogP contribution in [0.3, 0.4) is 0 Å². The molecule has 6 heteroatoms. The van der Waals surface area contributed by atoms with Crippen LogP contribution in [0.25, 0.3) is 32.7 Å². The molecule has 4 nitrogen and oxygen atoms in total. The van der Waals surface area contributed by atoms with Gasteiger partial charge < -0.3 is 9.84 Å². The zero-order valence-corrected chi connectivity index (χ0v) is 19.1. The van der Waals surface area contributed by atoms with Crippen molar-refractivity contribution >= 4 is 50.4 Å². The number of aromatic hydroxyl groups is 1. The minimum atomic E-state index is -0.279. The van der Waals surface area contributed by atoms with Crippen molar-refractivity contribution in [2.24, 2.45) is 4.99 Å². The molecule has 34 heavy (non-hydrogen) atoms. The van der Waals surface area contributed by atoms with Crippen molar-refractivity contribution in [1.29, 1.82) is 0 Å². The van der Waals surface area contributed by atoms with Crippen LogP contribution in [-0.4, -0.2) is 5.11 Å². The zero-order valence-electron chi connectivity index (χ0n) is 17.5. The average Bonchev–Trinajstić information content (AvgIpc) is 2.83. The summed E-state index contributed by atoms with van der Waals surface area (Å²) < 4.78 is 6.14. The number of phenols is 1. The molecule has 2 aliphatic carbocycles. The van der Waals surface area contributed by atoms with Crippen LogP contribution in [0.15, 0.2) is 94.7 Å². The van der Waals surface area contributed by atoms with Gasteiger partial charge in [0.1, 0.15) is 17.2 Å². The summed E-state index contributed by atoms with van der Waals surface area (Å²) in [6, 6.07) is 25.1. The van der Waals surface area contributed by atoms with Gasteiger partial charge in [-0.2, -0.15) is 0 Å². The predicted octanol–water partition coefficient (Wildman–Crippen LogP) is 7.37. The molecule has 0 saturated carbocycles. The molecule has 0 unspecified atom stereocenters. The van der Waals surface area contributed by atoms with E-state index in [1.165, 1.54) is 12.1 Å². The Labute approximate surface area is 203 Å². The van der Waals surface area contributed by atoms with Crippen LogP contribution < -0.4 is 15.5 Å². The fraction of sp³-hybridized carbons (Fsp3) is 0. The minimum absolute atomic E-state index is 0.0282. The van der Waals surface area contributed by atoms with Gasteiger partial charge in [0.05, 0.1) is 26.5 Å². The summed E-state index contributed by atoms with van der Waals surface area (Å²) in [5.41, 5.74) is 1.67. The van der Waals surface area contributed by atoms with Crippen LogP contribution in [0.2, 0.25) is 10.0 Å². The molecule has 4 aromatic rings. The molecule has 0 aromatic heterocycles. The Kier molecular flexibility index (Phi) is 4.80. The summed E-state index contributed by atoms with van der Waals surface area (Å²) in [5.74, 6) is 0.933. The second-order valence-corrected chi connectivity index (χ2v) is 8.78. The number of para-hydroxylation sites is 2. The van der Waals surface area contributed by atoms with Crippen molar-refractivity contribution in [2.45, 2.75) is 0 Å². The number of hydrogen-bond donors (Lipinski definition) is 1. The number of ether oxygens (including phenoxy) is 1. The van der Waals surface area contributed by atoms with E-state index < -0.39 is 0 Å². The molecule has 0 bridgehead atoms. The molecular formula is C28H15Cl2NO3. The maximum absolute atomic E-state index is 13.2. The normalized spacial score (nSPS) is 12.2. The standard InChI is InChI=1S/C28H15Cl2NO3/c29-19-13-22(32)28-21(31-15-7-3-1-4-8-15)12-18-24(34-16-9-5-2-6-10-16)14-23(33)27-20(30)11-17(19)25(28)26(18)27/h1-14,32H. The summed E-state index contributed by atoms with van der Waals surface area (Å²) in [6.07, 6.45) is 0. The smallest absolute Gasteiger partial charge is 0.191 e. The molecule has 0 spiro atoms. The van der Waals surface area contributed by atoms with Crippen LogP contribution in [0.5, 0.6) is 17.2 Å². The first-order chi connectivity index (χ1) is 16.5. The van der Waals surface area contributed by atoms with Crippen LogP contribution in [0.1, 0.15) is 0 Å². The Morgan fingerprint density at radius 1 is 0.765 bits per heavy atom. The fourth-order valence-electron chi connectivity index (χ4n) is 4.44. The van der Waals surface area contributed by atoms with Crippen molar-refractivity contribution in [3.8, 4) is 28.4 Å². The van der Waals surface area contributed by atoms with E-state index in [0.717, 1.165) is 5.69 Å². The van der Waals surface area contributed by atoms with Gasteiger partial charge in [-0.05, 0) is 42.5 Å². The lowest BCUT2D eigenvalue weighted by Crippen LogP contribution is -2.12. The summed E-state index contributed by atoms with van der Waals surface area (Å²) in [5, 5.41) is 14.2. The lowest BCUT2D eigenvalue weighted by molar-refractivity contribution is 0.481. The molecule has 0 heterocycles. The van der Waals surface area contributed by atoms with E-state index in [0.29, 0.717) is 54.6 Å². The number of nitrogens with zero attached hydrogens (tertiary/aromatic N) is 1. The van der Waals surface area contributed by atoms with Crippen LogP contribution in [-0.2, 0) is 0 Å². The first-order valence-electron chi connectivity index (χ1n) is 10.5. The summed E-state index contributed by atoms with van der Waals surface area (Å²) in [6.45, 7) is 0. The number of hydrogen-bond acceptors (Lipinski definition) is 4. The third-order valence-corrected chi connectivity index (χ3v) is 6.47. The lowest BCUT2D eigenvalue weighted by Gasteiger charge is -2.20. The third kappa shape index (κ3) is 3.23. The van der Waals surface area contributed by atoms with E-state index in [-0.39, 0.29) is 16.2 Å². The summed E-state index contributed by atoms with van der Waals surface area (Å²) in [4.78, 5) is 18.0. The maximum Gasteiger partial charge on any atom is 0.191 e. The predicted molar refractivity (Wildman–Crippen MR) is 137 cm³/mol. The third-order valence-electron chi connectivity index (χ3n) is 5.86. The molecule has 0 amide bonds. The highest BCUT2D eigenvalue weighted by molar-refractivity contribution is 6.42. The summed E-state index contributed by atoms with van der Waals surface area (Å²) in [7, 11) is 0. The van der Waals surface area contributed by atoms with Crippen molar-refractivity contribution in [3.05, 3.63) is 111 Å². The average molecular weight is 484 g/mol. The van der Waals surface area contributed by atoms with Crippen LogP contribution in [0.4, 0.5) is 5.69 Å². The molecule has 0 saturated heterocycles. The van der Waals surface area contributed by atoms with Gasteiger partial charge in [0, 0.05) is 33.4 Å². The fourth-order valence-corrected chi connectivity index (χ4v) is 4.99. The second kappa shape index (κ2) is 7.87. The Morgan fingerprint density at radius 3 is 2.21 bits per heavy atom. The van der Waals surface area contributed by atoms with Gasteiger partial charge in [-0.15, -0.1) is 0 Å². The topological polar surface area (TPSA) is 58.9 Å². The Hall–Kier alpha value is -3.86. The van der Waals surface area contributed by atoms with E-state index in [1.807, 2.05) is 66.7 Å². The van der Waals surface area contributed by atoms with Crippen molar-refractivity contribution in [1.82, 2.24) is 0 Å². The van der Waals surface area contributed by atoms with Gasteiger partial charge >= 0.3 is 0 Å². The number of rotatable bonds is 3. The molecule has 4 aromatic carbocycles. The van der Waals surface area contributed by atoms with Crippen molar-refractivity contribution in [3.63, 3.8) is 0 Å². The molecule has 0 aliphatic heterocycles. The van der Waals surface area contributed by atoms with E-state index in [9.17, 15) is 9.90 Å². The van der Waals surface area contributed by atoms with Crippen molar-refractivity contribution < 1.29 is 9.84 Å². The van der Waals surface area contributed by atoms with E-state index in [4.69, 9.17) is 32.9 Å². The highest BCUT2D eigenvalue weighted by atomic mass is 35.5. The molecule has 1 N–H and O–H groups in total. The van der Waals surface area contributed by atoms with Gasteiger partial charge in [0.2, 0.25) is 0 Å². The lowest BCUT2D eigenvalue weighted by atomic mass is 9.87. The molecule has 0 fully saturated rings. The molecule has 6 rings (SSSR count). The molecule has 2 aliphatic rings. The number of halogens is 2. The molecule has 164 valence electrons. The molecular weight excluding hydrogens is 469 g/mol. The van der Waals surface area contributed by atoms with Gasteiger partial charge in [0.25, 0.3) is 0 Å². The largest absolute Gasteiger partial charge is 0.507 e. The highest BCUT2D eigenvalue weighted by Gasteiger charge is 2.26. The second-order valence-electron chi connectivity index (χ2n) is 7.96. The van der Waals surface area contributed by atoms with Gasteiger partial charge in [-0.1, -0.05) is 59.6 Å². The summed E-state index contributed by atoms with van der Waals surface area (Å²) >= 11 is 13.1. The van der Waals surface area contributed by atoms with Gasteiger partial charge in [-0.25, -0.2) is 4.99 Å². The minimum Gasteiger partial charge on any atom is -0.507 e. The maximum atomic E-state index is 13.2. The Balaban J connectivity index is 1.82. The first kappa shape index (κ1) is 20.7. The van der Waals surface area contributed by atoms with E-state index in [2.05, 4.69) is 0 Å². The van der Waals surface area contributed by atoms with Crippen LogP contribution >= 0.6 is 23.2 Å². The van der Waals surface area contributed by atoms with E-state index >= 15 is 0 Å². The number of benzene rings is 6. The van der Waals surface area contributed by atoms with Crippen molar-refractivity contribution in [2.75, 3.05) is 0 Å². The van der Waals surface area contributed by atoms with E-state index in [1.54, 1.807) is 6.07 Å².